The minimum atomic E-state index is -1.09. The molecule has 1 aromatic carbocycles. The van der Waals surface area contributed by atoms with Gasteiger partial charge in [-0.2, -0.15) is 12.6 Å². The number of carbonyl (C=O) groups excluding carboxylic acids is 2. The van der Waals surface area contributed by atoms with Crippen molar-refractivity contribution in [2.75, 3.05) is 17.2 Å². The number of hydrogen-bond donors (Lipinski definition) is 3. The maximum Gasteiger partial charge on any atom is 0.323 e. The minimum absolute atomic E-state index is 0.102. The zero-order valence-corrected chi connectivity index (χ0v) is 15.3. The van der Waals surface area contributed by atoms with Gasteiger partial charge in [-0.1, -0.05) is 32.0 Å². The fourth-order valence-electron chi connectivity index (χ4n) is 3.02. The normalized spacial score (nSPS) is 18.5. The first-order valence-electron chi connectivity index (χ1n) is 8.37. The van der Waals surface area contributed by atoms with Crippen molar-refractivity contribution in [2.24, 2.45) is 11.8 Å². The molecule has 0 fully saturated rings. The summed E-state index contributed by atoms with van der Waals surface area (Å²) in [5, 5.41) is 12.0. The zero-order valence-electron chi connectivity index (χ0n) is 14.4. The van der Waals surface area contributed by atoms with E-state index in [0.29, 0.717) is 24.3 Å². The second kappa shape index (κ2) is 8.38. The third kappa shape index (κ3) is 4.54. The predicted octanol–water partition coefficient (Wildman–Crippen LogP) is 1.74. The standard InChI is InChI=1S/C18H24N2O4S/c1-11(2)13(10-25)17(23)19-14-8-7-12-5-3-4-6-15(12)20(18(14)24)9-16(21)22/h3-6,11,13-14,25H,7-10H2,1-2H3,(H,19,23)(H,21,22)/t13-,14?/m0/s1. The molecule has 0 bridgehead atoms. The van der Waals surface area contributed by atoms with Gasteiger partial charge in [-0.15, -0.1) is 0 Å². The largest absolute Gasteiger partial charge is 0.480 e. The van der Waals surface area contributed by atoms with Gasteiger partial charge in [-0.25, -0.2) is 0 Å². The topological polar surface area (TPSA) is 86.7 Å². The number of rotatable bonds is 6. The van der Waals surface area contributed by atoms with E-state index in [2.05, 4.69) is 17.9 Å². The molecule has 1 aliphatic rings. The Balaban J connectivity index is 2.26. The second-order valence-corrected chi connectivity index (χ2v) is 6.94. The minimum Gasteiger partial charge on any atom is -0.480 e. The van der Waals surface area contributed by atoms with Gasteiger partial charge in [0.25, 0.3) is 0 Å². The lowest BCUT2D eigenvalue weighted by atomic mass is 9.96. The van der Waals surface area contributed by atoms with Crippen LogP contribution in [-0.2, 0) is 20.8 Å². The van der Waals surface area contributed by atoms with Crippen molar-refractivity contribution in [1.29, 1.82) is 0 Å². The van der Waals surface area contributed by atoms with Gasteiger partial charge < -0.3 is 10.4 Å². The molecule has 0 aromatic heterocycles. The van der Waals surface area contributed by atoms with Crippen LogP contribution in [0.3, 0.4) is 0 Å². The van der Waals surface area contributed by atoms with Crippen LogP contribution >= 0.6 is 12.6 Å². The molecule has 2 amide bonds. The molecule has 2 atom stereocenters. The number of amides is 2. The molecule has 0 radical (unpaired) electrons. The van der Waals surface area contributed by atoms with Gasteiger partial charge in [0.05, 0.1) is 0 Å². The quantitative estimate of drug-likeness (QED) is 0.671. The van der Waals surface area contributed by atoms with Crippen LogP contribution in [0.2, 0.25) is 0 Å². The second-order valence-electron chi connectivity index (χ2n) is 6.58. The van der Waals surface area contributed by atoms with E-state index in [0.717, 1.165) is 5.56 Å². The van der Waals surface area contributed by atoms with E-state index in [-0.39, 0.29) is 23.7 Å². The maximum absolute atomic E-state index is 12.9. The van der Waals surface area contributed by atoms with E-state index >= 15 is 0 Å². The Bertz CT molecular complexity index is 662. The number of carboxylic acid groups (broad SMARTS) is 1. The number of aliphatic carboxylic acids is 1. The van der Waals surface area contributed by atoms with Gasteiger partial charge in [0.1, 0.15) is 12.6 Å². The van der Waals surface area contributed by atoms with Crippen LogP contribution in [0.1, 0.15) is 25.8 Å². The van der Waals surface area contributed by atoms with Crippen LogP contribution in [0.15, 0.2) is 24.3 Å². The van der Waals surface area contributed by atoms with Gasteiger partial charge >= 0.3 is 5.97 Å². The fourth-order valence-corrected chi connectivity index (χ4v) is 3.61. The molecule has 2 rings (SSSR count). The highest BCUT2D eigenvalue weighted by atomic mass is 32.1. The lowest BCUT2D eigenvalue weighted by Gasteiger charge is -2.26. The number of fused-ring (bicyclic) bond motifs is 1. The number of hydrogen-bond acceptors (Lipinski definition) is 4. The molecule has 7 heteroatoms. The van der Waals surface area contributed by atoms with E-state index in [1.807, 2.05) is 26.0 Å². The highest BCUT2D eigenvalue weighted by Gasteiger charge is 2.33. The maximum atomic E-state index is 12.9. The van der Waals surface area contributed by atoms with Crippen LogP contribution in [0.25, 0.3) is 0 Å². The number of anilines is 1. The first kappa shape index (κ1) is 19.3. The monoisotopic (exact) mass is 364 g/mol. The summed E-state index contributed by atoms with van der Waals surface area (Å²) in [6.45, 7) is 3.44. The zero-order chi connectivity index (χ0) is 18.6. The summed E-state index contributed by atoms with van der Waals surface area (Å²) in [7, 11) is 0. The van der Waals surface area contributed by atoms with Crippen LogP contribution in [-0.4, -0.2) is 41.2 Å². The molecule has 0 saturated carbocycles. The van der Waals surface area contributed by atoms with Gasteiger partial charge in [0.2, 0.25) is 11.8 Å². The number of nitrogens with zero attached hydrogens (tertiary/aromatic N) is 1. The Morgan fingerprint density at radius 2 is 2.04 bits per heavy atom. The predicted molar refractivity (Wildman–Crippen MR) is 98.9 cm³/mol. The molecule has 1 aromatic rings. The molecule has 6 nitrogen and oxygen atoms in total. The third-order valence-electron chi connectivity index (χ3n) is 4.50. The van der Waals surface area contributed by atoms with Crippen molar-refractivity contribution in [3.05, 3.63) is 29.8 Å². The van der Waals surface area contributed by atoms with Gasteiger partial charge in [-0.3, -0.25) is 19.3 Å². The van der Waals surface area contributed by atoms with E-state index in [1.165, 1.54) is 4.90 Å². The molecule has 1 unspecified atom stereocenters. The van der Waals surface area contributed by atoms with Crippen molar-refractivity contribution in [3.63, 3.8) is 0 Å². The molecule has 0 aliphatic carbocycles. The molecular weight excluding hydrogens is 340 g/mol. The molecule has 0 spiro atoms. The Morgan fingerprint density at radius 3 is 2.64 bits per heavy atom. The summed E-state index contributed by atoms with van der Waals surface area (Å²) in [6.07, 6.45) is 1.03. The highest BCUT2D eigenvalue weighted by Crippen LogP contribution is 2.27. The van der Waals surface area contributed by atoms with Crippen LogP contribution in [0.4, 0.5) is 5.69 Å². The number of carboxylic acids is 1. The molecule has 0 saturated heterocycles. The summed E-state index contributed by atoms with van der Waals surface area (Å²) >= 11 is 4.23. The van der Waals surface area contributed by atoms with Crippen LogP contribution in [0.5, 0.6) is 0 Å². The Hall–Kier alpha value is -2.02. The van der Waals surface area contributed by atoms with E-state index < -0.39 is 18.6 Å². The summed E-state index contributed by atoms with van der Waals surface area (Å²) in [5.41, 5.74) is 1.50. The smallest absolute Gasteiger partial charge is 0.323 e. The van der Waals surface area contributed by atoms with Crippen molar-refractivity contribution in [3.8, 4) is 0 Å². The number of nitrogens with one attached hydrogen (secondary N) is 1. The number of thiol groups is 1. The molecular formula is C18H24N2O4S. The lowest BCUT2D eigenvalue weighted by Crippen LogP contribution is -2.51. The van der Waals surface area contributed by atoms with E-state index in [1.54, 1.807) is 12.1 Å². The van der Waals surface area contributed by atoms with Crippen molar-refractivity contribution < 1.29 is 19.5 Å². The Labute approximate surface area is 153 Å². The van der Waals surface area contributed by atoms with Crippen molar-refractivity contribution in [2.45, 2.75) is 32.7 Å². The number of carbonyl (C=O) groups is 3. The molecule has 25 heavy (non-hydrogen) atoms. The van der Waals surface area contributed by atoms with E-state index in [4.69, 9.17) is 0 Å². The summed E-state index contributed by atoms with van der Waals surface area (Å²) in [6, 6.07) is 6.52. The van der Waals surface area contributed by atoms with Crippen LogP contribution < -0.4 is 10.2 Å². The molecule has 1 aliphatic heterocycles. The van der Waals surface area contributed by atoms with Crippen LogP contribution in [0, 0.1) is 11.8 Å². The summed E-state index contributed by atoms with van der Waals surface area (Å²) in [4.78, 5) is 37.9. The van der Waals surface area contributed by atoms with Crippen molar-refractivity contribution in [1.82, 2.24) is 5.32 Å². The van der Waals surface area contributed by atoms with Gasteiger partial charge in [0, 0.05) is 17.4 Å². The molecule has 2 N–H and O–H groups in total. The van der Waals surface area contributed by atoms with E-state index in [9.17, 15) is 19.5 Å². The molecule has 1 heterocycles. The van der Waals surface area contributed by atoms with Gasteiger partial charge in [-0.05, 0) is 30.4 Å². The number of benzene rings is 1. The average molecular weight is 364 g/mol. The summed E-state index contributed by atoms with van der Waals surface area (Å²) in [5.74, 6) is -1.50. The third-order valence-corrected chi connectivity index (χ3v) is 4.89. The number of aryl methyl sites for hydroxylation is 1. The first-order valence-corrected chi connectivity index (χ1v) is 9.00. The van der Waals surface area contributed by atoms with Crippen molar-refractivity contribution >= 4 is 36.1 Å². The fraction of sp³-hybridized carbons (Fsp3) is 0.500. The Kier molecular flexibility index (Phi) is 6.47. The number of para-hydroxylation sites is 1. The Morgan fingerprint density at radius 1 is 1.36 bits per heavy atom. The molecule has 136 valence electrons. The summed E-state index contributed by atoms with van der Waals surface area (Å²) < 4.78 is 0. The first-order chi connectivity index (χ1) is 11.8. The highest BCUT2D eigenvalue weighted by molar-refractivity contribution is 7.80. The lowest BCUT2D eigenvalue weighted by molar-refractivity contribution is -0.137. The van der Waals surface area contributed by atoms with Gasteiger partial charge in [0.15, 0.2) is 0 Å². The average Bonchev–Trinajstić information content (AvgIpc) is 2.67. The SMILES string of the molecule is CC(C)[C@H](CS)C(=O)NC1CCc2ccccc2N(CC(=O)O)C1=O.